The van der Waals surface area contributed by atoms with E-state index in [1.807, 2.05) is 12.4 Å². The van der Waals surface area contributed by atoms with Crippen LogP contribution in [0, 0.1) is 5.41 Å². The molecule has 1 aromatic heterocycles. The molecule has 19 heavy (non-hydrogen) atoms. The molecule has 2 atom stereocenters. The highest BCUT2D eigenvalue weighted by Crippen LogP contribution is 2.40. The molecule has 2 saturated heterocycles. The molecular weight excluding hydrogens is 242 g/mol. The zero-order chi connectivity index (χ0) is 13.1. The number of methoxy groups -OCH3 is 1. The molecule has 3 rings (SSSR count). The minimum Gasteiger partial charge on any atom is -0.384 e. The number of piperidine rings is 1. The average Bonchev–Trinajstić information content (AvgIpc) is 2.91. The largest absolute Gasteiger partial charge is 0.384 e. The van der Waals surface area contributed by atoms with Crippen LogP contribution in [0.3, 0.4) is 0 Å². The minimum absolute atomic E-state index is 0.189. The van der Waals surface area contributed by atoms with Crippen molar-refractivity contribution in [3.8, 4) is 0 Å². The van der Waals surface area contributed by atoms with Gasteiger partial charge in [-0.1, -0.05) is 0 Å². The molecule has 1 aromatic rings. The first-order valence-corrected chi connectivity index (χ1v) is 7.13. The lowest BCUT2D eigenvalue weighted by Crippen LogP contribution is -2.56. The van der Waals surface area contributed by atoms with E-state index in [2.05, 4.69) is 15.1 Å². The van der Waals surface area contributed by atoms with Gasteiger partial charge in [-0.2, -0.15) is 5.10 Å². The predicted molar refractivity (Wildman–Crippen MR) is 71.8 cm³/mol. The van der Waals surface area contributed by atoms with Gasteiger partial charge in [-0.3, -0.25) is 10.00 Å². The van der Waals surface area contributed by atoms with Crippen molar-refractivity contribution in [1.29, 1.82) is 0 Å². The van der Waals surface area contributed by atoms with Crippen molar-refractivity contribution in [2.45, 2.75) is 31.9 Å². The van der Waals surface area contributed by atoms with E-state index < -0.39 is 0 Å². The lowest BCUT2D eigenvalue weighted by Gasteiger charge is -2.50. The predicted octanol–water partition coefficient (Wildman–Crippen LogP) is 1.43. The Morgan fingerprint density at radius 3 is 3.37 bits per heavy atom. The number of hydrogen-bond donors (Lipinski definition) is 1. The Balaban J connectivity index is 1.69. The summed E-state index contributed by atoms with van der Waals surface area (Å²) in [4.78, 5) is 2.51. The highest BCUT2D eigenvalue weighted by atomic mass is 16.5. The monoisotopic (exact) mass is 265 g/mol. The highest BCUT2D eigenvalue weighted by Gasteiger charge is 2.45. The Morgan fingerprint density at radius 1 is 1.63 bits per heavy atom. The Bertz CT molecular complexity index is 391. The zero-order valence-electron chi connectivity index (χ0n) is 11.6. The van der Waals surface area contributed by atoms with E-state index in [9.17, 15) is 0 Å². The van der Waals surface area contributed by atoms with Crippen molar-refractivity contribution in [3.63, 3.8) is 0 Å². The smallest absolute Gasteiger partial charge is 0.0677 e. The number of H-pyrrole nitrogens is 1. The third kappa shape index (κ3) is 2.68. The van der Waals surface area contributed by atoms with Crippen LogP contribution in [0.25, 0.3) is 0 Å². The number of ether oxygens (including phenoxy) is 2. The summed E-state index contributed by atoms with van der Waals surface area (Å²) in [7, 11) is 1.80. The van der Waals surface area contributed by atoms with Gasteiger partial charge in [0.2, 0.25) is 0 Å². The molecule has 0 aliphatic carbocycles. The van der Waals surface area contributed by atoms with E-state index in [1.165, 1.54) is 12.0 Å². The Kier molecular flexibility index (Phi) is 3.86. The van der Waals surface area contributed by atoms with E-state index in [0.29, 0.717) is 6.10 Å². The van der Waals surface area contributed by atoms with Gasteiger partial charge in [0.15, 0.2) is 0 Å². The zero-order valence-corrected chi connectivity index (χ0v) is 11.6. The van der Waals surface area contributed by atoms with Gasteiger partial charge in [0.25, 0.3) is 0 Å². The van der Waals surface area contributed by atoms with Gasteiger partial charge in [0, 0.05) is 50.5 Å². The van der Waals surface area contributed by atoms with Gasteiger partial charge < -0.3 is 9.47 Å². The van der Waals surface area contributed by atoms with E-state index in [1.54, 1.807) is 7.11 Å². The van der Waals surface area contributed by atoms with Crippen LogP contribution in [0.5, 0.6) is 0 Å². The third-order valence-corrected chi connectivity index (χ3v) is 4.46. The summed E-state index contributed by atoms with van der Waals surface area (Å²) in [6, 6.07) is 0. The maximum absolute atomic E-state index is 6.00. The summed E-state index contributed by atoms with van der Waals surface area (Å²) in [6.07, 6.45) is 7.74. The van der Waals surface area contributed by atoms with Crippen molar-refractivity contribution < 1.29 is 9.47 Å². The lowest BCUT2D eigenvalue weighted by atomic mass is 9.73. The van der Waals surface area contributed by atoms with Crippen LogP contribution in [0.15, 0.2) is 12.4 Å². The van der Waals surface area contributed by atoms with Crippen molar-refractivity contribution in [3.05, 3.63) is 18.0 Å². The van der Waals surface area contributed by atoms with E-state index in [4.69, 9.17) is 9.47 Å². The van der Waals surface area contributed by atoms with Crippen LogP contribution < -0.4 is 0 Å². The van der Waals surface area contributed by atoms with Crippen LogP contribution in [-0.2, 0) is 16.0 Å². The quantitative estimate of drug-likeness (QED) is 0.894. The summed E-state index contributed by atoms with van der Waals surface area (Å²) >= 11 is 0. The SMILES string of the molecule is COCC12CCCOC1CCN(Cc1cn[nH]c1)C2. The molecule has 0 bridgehead atoms. The first-order valence-electron chi connectivity index (χ1n) is 7.13. The van der Waals surface area contributed by atoms with Crippen LogP contribution in [0.1, 0.15) is 24.8 Å². The molecule has 3 heterocycles. The second-order valence-corrected chi connectivity index (χ2v) is 5.86. The molecule has 2 unspecified atom stereocenters. The number of nitrogens with one attached hydrogen (secondary N) is 1. The summed E-state index contributed by atoms with van der Waals surface area (Å²) < 4.78 is 11.5. The number of likely N-dealkylation sites (tertiary alicyclic amines) is 1. The molecule has 2 fully saturated rings. The molecule has 106 valence electrons. The van der Waals surface area contributed by atoms with Gasteiger partial charge in [0.05, 0.1) is 18.9 Å². The molecule has 5 heteroatoms. The first-order chi connectivity index (χ1) is 9.32. The molecule has 0 radical (unpaired) electrons. The van der Waals surface area contributed by atoms with Gasteiger partial charge in [0.1, 0.15) is 0 Å². The van der Waals surface area contributed by atoms with Crippen molar-refractivity contribution >= 4 is 0 Å². The van der Waals surface area contributed by atoms with Crippen LogP contribution in [0.4, 0.5) is 0 Å². The number of aromatic nitrogens is 2. The van der Waals surface area contributed by atoms with Crippen molar-refractivity contribution in [2.24, 2.45) is 5.41 Å². The molecule has 2 aliphatic heterocycles. The lowest BCUT2D eigenvalue weighted by molar-refractivity contribution is -0.149. The summed E-state index contributed by atoms with van der Waals surface area (Å²) in [5.74, 6) is 0. The van der Waals surface area contributed by atoms with Crippen molar-refractivity contribution in [1.82, 2.24) is 15.1 Å². The van der Waals surface area contributed by atoms with Gasteiger partial charge in [-0.15, -0.1) is 0 Å². The van der Waals surface area contributed by atoms with E-state index >= 15 is 0 Å². The number of fused-ring (bicyclic) bond motifs is 1. The van der Waals surface area contributed by atoms with Crippen LogP contribution >= 0.6 is 0 Å². The molecule has 5 nitrogen and oxygen atoms in total. The molecule has 0 aromatic carbocycles. The number of nitrogens with zero attached hydrogens (tertiary/aromatic N) is 2. The topological polar surface area (TPSA) is 50.4 Å². The fraction of sp³-hybridized carbons (Fsp3) is 0.786. The maximum Gasteiger partial charge on any atom is 0.0677 e. The fourth-order valence-corrected chi connectivity index (χ4v) is 3.64. The normalized spacial score (nSPS) is 32.2. The van der Waals surface area contributed by atoms with Crippen LogP contribution in [0.2, 0.25) is 0 Å². The van der Waals surface area contributed by atoms with Gasteiger partial charge in [-0.25, -0.2) is 0 Å². The molecular formula is C14H23N3O2. The minimum atomic E-state index is 0.189. The third-order valence-electron chi connectivity index (χ3n) is 4.46. The molecule has 0 saturated carbocycles. The molecule has 1 N–H and O–H groups in total. The van der Waals surface area contributed by atoms with Gasteiger partial charge in [-0.05, 0) is 19.3 Å². The Labute approximate surface area is 114 Å². The molecule has 2 aliphatic rings. The Morgan fingerprint density at radius 2 is 2.58 bits per heavy atom. The number of hydrogen-bond acceptors (Lipinski definition) is 4. The summed E-state index contributed by atoms with van der Waals surface area (Å²) in [6.45, 7) is 4.85. The second kappa shape index (κ2) is 5.61. The number of rotatable bonds is 4. The summed E-state index contributed by atoms with van der Waals surface area (Å²) in [5.41, 5.74) is 1.44. The fourth-order valence-electron chi connectivity index (χ4n) is 3.64. The van der Waals surface area contributed by atoms with E-state index in [0.717, 1.165) is 45.7 Å². The second-order valence-electron chi connectivity index (χ2n) is 5.86. The maximum atomic E-state index is 6.00. The van der Waals surface area contributed by atoms with Crippen molar-refractivity contribution in [2.75, 3.05) is 33.4 Å². The molecule has 0 spiro atoms. The molecule has 0 amide bonds. The summed E-state index contributed by atoms with van der Waals surface area (Å²) in [5, 5.41) is 6.91. The van der Waals surface area contributed by atoms with Crippen LogP contribution in [-0.4, -0.2) is 54.6 Å². The van der Waals surface area contributed by atoms with E-state index in [-0.39, 0.29) is 5.41 Å². The first kappa shape index (κ1) is 13.1. The standard InChI is InChI=1S/C14H23N3O2/c1-18-11-14-4-2-6-19-13(14)3-5-17(10-14)9-12-7-15-16-8-12/h7-8,13H,2-6,9-11H2,1H3,(H,15,16). The highest BCUT2D eigenvalue weighted by molar-refractivity contribution is 5.04. The Hall–Kier alpha value is -0.910. The van der Waals surface area contributed by atoms with Gasteiger partial charge >= 0.3 is 0 Å². The number of aromatic amines is 1. The average molecular weight is 265 g/mol.